The summed E-state index contributed by atoms with van der Waals surface area (Å²) in [6.45, 7) is 1.85. The molecule has 4 nitrogen and oxygen atoms in total. The van der Waals surface area contributed by atoms with Gasteiger partial charge in [-0.05, 0) is 43.1 Å². The van der Waals surface area contributed by atoms with Crippen LogP contribution in [0.5, 0.6) is 5.75 Å². The number of aliphatic hydroxyl groups is 1. The lowest BCUT2D eigenvalue weighted by Gasteiger charge is -2.27. The van der Waals surface area contributed by atoms with Crippen molar-refractivity contribution < 1.29 is 19.0 Å². The monoisotopic (exact) mass is 359 g/mol. The Hall–Kier alpha value is -1.95. The quantitative estimate of drug-likeness (QED) is 0.783. The molecule has 2 atom stereocenters. The number of benzene rings is 2. The lowest BCUT2D eigenvalue weighted by atomic mass is 10.0. The van der Waals surface area contributed by atoms with E-state index in [9.17, 15) is 9.50 Å². The van der Waals surface area contributed by atoms with Crippen molar-refractivity contribution in [1.82, 2.24) is 4.90 Å². The first kappa shape index (κ1) is 18.8. The lowest BCUT2D eigenvalue weighted by Crippen LogP contribution is -2.34. The molecule has 5 heteroatoms. The molecule has 0 aliphatic carbocycles. The summed E-state index contributed by atoms with van der Waals surface area (Å²) in [4.78, 5) is 2.28. The molecule has 0 spiro atoms. The minimum absolute atomic E-state index is 0.170. The van der Waals surface area contributed by atoms with E-state index in [4.69, 9.17) is 9.47 Å². The summed E-state index contributed by atoms with van der Waals surface area (Å²) < 4.78 is 24.4. The van der Waals surface area contributed by atoms with E-state index in [0.717, 1.165) is 25.1 Å². The van der Waals surface area contributed by atoms with Gasteiger partial charge in [0.2, 0.25) is 0 Å². The normalized spacial score (nSPS) is 18.8. The van der Waals surface area contributed by atoms with Crippen molar-refractivity contribution in [3.8, 4) is 5.75 Å². The highest BCUT2D eigenvalue weighted by atomic mass is 19.1. The van der Waals surface area contributed by atoms with E-state index in [1.54, 1.807) is 25.3 Å². The average Bonchev–Trinajstić information content (AvgIpc) is 3.11. The van der Waals surface area contributed by atoms with Crippen molar-refractivity contribution in [2.75, 3.05) is 26.8 Å². The van der Waals surface area contributed by atoms with Crippen LogP contribution in [-0.4, -0.2) is 42.9 Å². The summed E-state index contributed by atoms with van der Waals surface area (Å²) in [6.07, 6.45) is 1.56. The van der Waals surface area contributed by atoms with Gasteiger partial charge in [-0.15, -0.1) is 0 Å². The molecule has 26 heavy (non-hydrogen) atoms. The molecule has 2 unspecified atom stereocenters. The molecule has 1 saturated heterocycles. The van der Waals surface area contributed by atoms with Crippen molar-refractivity contribution in [3.05, 3.63) is 65.5 Å². The molecule has 1 aliphatic rings. The molecule has 1 heterocycles. The lowest BCUT2D eigenvalue weighted by molar-refractivity contribution is 0.00697. The van der Waals surface area contributed by atoms with Gasteiger partial charge in [0, 0.05) is 18.2 Å². The summed E-state index contributed by atoms with van der Waals surface area (Å²) in [5, 5.41) is 10.3. The Kier molecular flexibility index (Phi) is 6.61. The third kappa shape index (κ3) is 4.81. The summed E-state index contributed by atoms with van der Waals surface area (Å²) in [6, 6.07) is 14.9. The molecule has 140 valence electrons. The van der Waals surface area contributed by atoms with Crippen molar-refractivity contribution >= 4 is 0 Å². The van der Waals surface area contributed by atoms with Gasteiger partial charge in [0.15, 0.2) is 0 Å². The Balaban J connectivity index is 1.51. The van der Waals surface area contributed by atoms with E-state index in [-0.39, 0.29) is 25.1 Å². The average molecular weight is 359 g/mol. The molecule has 0 aromatic heterocycles. The molecule has 2 aromatic carbocycles. The molecule has 2 aromatic rings. The van der Waals surface area contributed by atoms with Gasteiger partial charge in [0.25, 0.3) is 0 Å². The Morgan fingerprint density at radius 2 is 2.08 bits per heavy atom. The summed E-state index contributed by atoms with van der Waals surface area (Å²) in [5.41, 5.74) is 1.72. The van der Waals surface area contributed by atoms with Crippen LogP contribution in [0.2, 0.25) is 0 Å². The van der Waals surface area contributed by atoms with Gasteiger partial charge in [-0.1, -0.05) is 30.3 Å². The minimum atomic E-state index is -0.604. The summed E-state index contributed by atoms with van der Waals surface area (Å²) in [7, 11) is 1.67. The summed E-state index contributed by atoms with van der Waals surface area (Å²) in [5.74, 6) is 0.572. The molecule has 0 amide bonds. The number of rotatable bonds is 8. The van der Waals surface area contributed by atoms with Gasteiger partial charge in [-0.3, -0.25) is 4.90 Å². The van der Waals surface area contributed by atoms with Crippen LogP contribution in [0.15, 0.2) is 48.5 Å². The van der Waals surface area contributed by atoms with Crippen LogP contribution in [0.25, 0.3) is 0 Å². The van der Waals surface area contributed by atoms with Gasteiger partial charge in [0.05, 0.1) is 26.4 Å². The van der Waals surface area contributed by atoms with Gasteiger partial charge in [-0.25, -0.2) is 4.39 Å². The molecule has 0 radical (unpaired) electrons. The number of hydrogen-bond acceptors (Lipinski definition) is 4. The topological polar surface area (TPSA) is 41.9 Å². The first-order valence-electron chi connectivity index (χ1n) is 9.04. The molecular weight excluding hydrogens is 333 g/mol. The van der Waals surface area contributed by atoms with Crippen LogP contribution < -0.4 is 4.74 Å². The fraction of sp³-hybridized carbons (Fsp3) is 0.429. The van der Waals surface area contributed by atoms with Crippen LogP contribution >= 0.6 is 0 Å². The SMILES string of the molecule is COc1cccc(C2CCCN2CC(O)COCc2ccccc2F)c1. The number of methoxy groups -OCH3 is 1. The van der Waals surface area contributed by atoms with Crippen molar-refractivity contribution in [3.63, 3.8) is 0 Å². The molecule has 3 rings (SSSR count). The van der Waals surface area contributed by atoms with E-state index in [0.29, 0.717) is 12.1 Å². The molecule has 1 fully saturated rings. The number of likely N-dealkylation sites (tertiary alicyclic amines) is 1. The minimum Gasteiger partial charge on any atom is -0.497 e. The zero-order chi connectivity index (χ0) is 18.4. The fourth-order valence-corrected chi connectivity index (χ4v) is 3.51. The molecule has 0 bridgehead atoms. The molecular formula is C21H26FNO3. The van der Waals surface area contributed by atoms with Crippen LogP contribution in [0.1, 0.15) is 30.0 Å². The van der Waals surface area contributed by atoms with Crippen LogP contribution in [0.4, 0.5) is 4.39 Å². The van der Waals surface area contributed by atoms with Crippen molar-refractivity contribution in [2.24, 2.45) is 0 Å². The number of ether oxygens (including phenoxy) is 2. The van der Waals surface area contributed by atoms with Crippen LogP contribution in [0.3, 0.4) is 0 Å². The number of β-amino-alcohol motifs (C(OH)–C–C–N with tert-alkyl or cyclic N) is 1. The Morgan fingerprint density at radius 1 is 1.23 bits per heavy atom. The number of hydrogen-bond donors (Lipinski definition) is 1. The second-order valence-corrected chi connectivity index (χ2v) is 6.69. The predicted molar refractivity (Wildman–Crippen MR) is 98.6 cm³/mol. The predicted octanol–water partition coefficient (Wildman–Crippen LogP) is 3.55. The van der Waals surface area contributed by atoms with E-state index >= 15 is 0 Å². The van der Waals surface area contributed by atoms with Crippen molar-refractivity contribution in [2.45, 2.75) is 31.6 Å². The Morgan fingerprint density at radius 3 is 2.88 bits per heavy atom. The van der Waals surface area contributed by atoms with Crippen LogP contribution in [0, 0.1) is 5.82 Å². The highest BCUT2D eigenvalue weighted by molar-refractivity contribution is 5.31. The smallest absolute Gasteiger partial charge is 0.128 e. The maximum atomic E-state index is 13.6. The van der Waals surface area contributed by atoms with E-state index in [1.807, 2.05) is 12.1 Å². The van der Waals surface area contributed by atoms with Gasteiger partial charge in [-0.2, -0.15) is 0 Å². The summed E-state index contributed by atoms with van der Waals surface area (Å²) >= 11 is 0. The molecule has 1 N–H and O–H groups in total. The Labute approximate surface area is 154 Å². The maximum absolute atomic E-state index is 13.6. The molecule has 0 saturated carbocycles. The number of nitrogens with zero attached hydrogens (tertiary/aromatic N) is 1. The van der Waals surface area contributed by atoms with E-state index in [2.05, 4.69) is 17.0 Å². The number of aliphatic hydroxyl groups excluding tert-OH is 1. The third-order valence-electron chi connectivity index (χ3n) is 4.81. The standard InChI is InChI=1S/C21H26FNO3/c1-25-19-8-4-7-16(12-19)21-10-5-11-23(21)13-18(24)15-26-14-17-6-2-3-9-20(17)22/h2-4,6-9,12,18,21,24H,5,10-11,13-15H2,1H3. The second kappa shape index (κ2) is 9.12. The zero-order valence-electron chi connectivity index (χ0n) is 15.1. The van der Waals surface area contributed by atoms with Crippen molar-refractivity contribution in [1.29, 1.82) is 0 Å². The van der Waals surface area contributed by atoms with E-state index in [1.165, 1.54) is 11.6 Å². The first-order chi connectivity index (χ1) is 12.7. The second-order valence-electron chi connectivity index (χ2n) is 6.69. The van der Waals surface area contributed by atoms with Gasteiger partial charge < -0.3 is 14.6 Å². The largest absolute Gasteiger partial charge is 0.497 e. The third-order valence-corrected chi connectivity index (χ3v) is 4.81. The number of halogens is 1. The Bertz CT molecular complexity index is 709. The zero-order valence-corrected chi connectivity index (χ0v) is 15.1. The highest BCUT2D eigenvalue weighted by Crippen LogP contribution is 2.33. The van der Waals surface area contributed by atoms with Crippen LogP contribution in [-0.2, 0) is 11.3 Å². The maximum Gasteiger partial charge on any atom is 0.128 e. The van der Waals surface area contributed by atoms with Gasteiger partial charge in [0.1, 0.15) is 11.6 Å². The fourth-order valence-electron chi connectivity index (χ4n) is 3.51. The highest BCUT2D eigenvalue weighted by Gasteiger charge is 2.27. The molecule has 1 aliphatic heterocycles. The first-order valence-corrected chi connectivity index (χ1v) is 9.04. The van der Waals surface area contributed by atoms with E-state index < -0.39 is 6.10 Å². The van der Waals surface area contributed by atoms with Gasteiger partial charge >= 0.3 is 0 Å².